The van der Waals surface area contributed by atoms with E-state index >= 15 is 0 Å². The molecular formula is C27H33N8O6S2+. The van der Waals surface area contributed by atoms with Crippen LogP contribution < -0.4 is 14.4 Å². The first-order chi connectivity index (χ1) is 20.4. The van der Waals surface area contributed by atoms with E-state index < -0.39 is 20.2 Å². The van der Waals surface area contributed by atoms with Gasteiger partial charge in [0, 0.05) is 19.7 Å². The summed E-state index contributed by atoms with van der Waals surface area (Å²) in [6.45, 7) is 0.919. The fraction of sp³-hybridized carbons (Fsp3) is 0.370. The van der Waals surface area contributed by atoms with Crippen molar-refractivity contribution in [2.24, 2.45) is 7.05 Å². The minimum absolute atomic E-state index is 0.284. The van der Waals surface area contributed by atoms with Crippen LogP contribution in [0.1, 0.15) is 31.5 Å². The number of hydrogen-bond acceptors (Lipinski definition) is 10. The molecule has 4 heterocycles. The zero-order valence-corrected chi connectivity index (χ0v) is 25.4. The molecule has 0 bridgehead atoms. The highest BCUT2D eigenvalue weighted by Gasteiger charge is 2.32. The van der Waals surface area contributed by atoms with Crippen LogP contribution in [-0.4, -0.2) is 75.5 Å². The summed E-state index contributed by atoms with van der Waals surface area (Å²) in [4.78, 5) is 22.5. The van der Waals surface area contributed by atoms with Crippen molar-refractivity contribution in [2.75, 3.05) is 34.9 Å². The van der Waals surface area contributed by atoms with E-state index in [4.69, 9.17) is 19.1 Å². The topological polar surface area (TPSA) is 176 Å². The molecule has 43 heavy (non-hydrogen) atoms. The molecule has 0 radical (unpaired) electrons. The highest BCUT2D eigenvalue weighted by Crippen LogP contribution is 2.39. The van der Waals surface area contributed by atoms with Crippen LogP contribution in [0.5, 0.6) is 0 Å². The van der Waals surface area contributed by atoms with Gasteiger partial charge in [-0.2, -0.15) is 16.8 Å². The van der Waals surface area contributed by atoms with Crippen LogP contribution in [0.2, 0.25) is 0 Å². The Bertz CT molecular complexity index is 1940. The summed E-state index contributed by atoms with van der Waals surface area (Å²) in [6, 6.07) is 7.57. The van der Waals surface area contributed by atoms with Gasteiger partial charge in [-0.1, -0.05) is 18.2 Å². The number of nitrogens with zero attached hydrogens (tertiary/aromatic N) is 8. The van der Waals surface area contributed by atoms with Crippen molar-refractivity contribution in [1.29, 1.82) is 0 Å². The van der Waals surface area contributed by atoms with E-state index in [1.54, 1.807) is 12.4 Å². The lowest BCUT2D eigenvalue weighted by atomic mass is 10.3. The van der Waals surface area contributed by atoms with Gasteiger partial charge in [-0.15, -0.1) is 4.98 Å². The Morgan fingerprint density at radius 2 is 1.47 bits per heavy atom. The summed E-state index contributed by atoms with van der Waals surface area (Å²) in [6.07, 6.45) is 10.5. The fourth-order valence-electron chi connectivity index (χ4n) is 5.11. The summed E-state index contributed by atoms with van der Waals surface area (Å²) in [5.41, 5.74) is 2.80. The number of hydrogen-bond donors (Lipinski definition) is 2. The lowest BCUT2D eigenvalue weighted by molar-refractivity contribution is -0.649. The molecular weight excluding hydrogens is 596 g/mol. The number of benzene rings is 1. The van der Waals surface area contributed by atoms with Crippen molar-refractivity contribution in [1.82, 2.24) is 24.5 Å². The number of imidazole rings is 1. The summed E-state index contributed by atoms with van der Waals surface area (Å²) in [7, 11) is -4.33. The monoisotopic (exact) mass is 629 g/mol. The summed E-state index contributed by atoms with van der Waals surface area (Å²) >= 11 is 0. The van der Waals surface area contributed by atoms with Crippen molar-refractivity contribution >= 4 is 60.3 Å². The third kappa shape index (κ3) is 6.98. The molecule has 14 nitrogen and oxygen atoms in total. The van der Waals surface area contributed by atoms with E-state index in [2.05, 4.69) is 9.97 Å². The highest BCUT2D eigenvalue weighted by atomic mass is 32.2. The molecule has 5 rings (SSSR count). The van der Waals surface area contributed by atoms with Crippen LogP contribution in [0.4, 0.5) is 11.6 Å². The number of unbranched alkanes of at least 4 members (excludes halogenated alkanes) is 2. The van der Waals surface area contributed by atoms with Crippen molar-refractivity contribution < 1.29 is 30.5 Å². The second kappa shape index (κ2) is 12.3. The van der Waals surface area contributed by atoms with E-state index in [-0.39, 0.29) is 17.9 Å². The molecule has 0 saturated heterocycles. The molecule has 0 amide bonds. The lowest BCUT2D eigenvalue weighted by Crippen LogP contribution is -2.31. The molecule has 2 N–H and O–H groups in total. The van der Waals surface area contributed by atoms with Crippen LogP contribution in [0.15, 0.2) is 54.6 Å². The van der Waals surface area contributed by atoms with Crippen molar-refractivity contribution in [2.45, 2.75) is 32.2 Å². The summed E-state index contributed by atoms with van der Waals surface area (Å²) in [5, 5.41) is 0. The third-order valence-electron chi connectivity index (χ3n) is 7.14. The molecule has 0 fully saturated rings. The molecule has 4 aromatic rings. The number of para-hydroxylation sites is 2. The van der Waals surface area contributed by atoms with Crippen LogP contribution in [0.25, 0.3) is 28.4 Å². The molecule has 0 atom stereocenters. The molecule has 0 aliphatic carbocycles. The number of aryl methyl sites for hydroxylation is 2. The minimum atomic E-state index is -4.05. The normalized spacial score (nSPS) is 15.0. The maximum absolute atomic E-state index is 11.3. The molecule has 228 valence electrons. The van der Waals surface area contributed by atoms with Gasteiger partial charge in [0.1, 0.15) is 12.0 Å². The van der Waals surface area contributed by atoms with Gasteiger partial charge >= 0.3 is 5.65 Å². The molecule has 1 aliphatic heterocycles. The zero-order valence-electron chi connectivity index (χ0n) is 23.8. The van der Waals surface area contributed by atoms with Gasteiger partial charge in [0.05, 0.1) is 42.3 Å². The number of allylic oxidation sites excluding steroid dienone is 2. The second-order valence-corrected chi connectivity index (χ2v) is 13.4. The van der Waals surface area contributed by atoms with Gasteiger partial charge in [-0.25, -0.2) is 24.1 Å². The Hall–Kier alpha value is -3.99. The van der Waals surface area contributed by atoms with E-state index in [0.717, 1.165) is 22.7 Å². The van der Waals surface area contributed by atoms with Gasteiger partial charge in [0.25, 0.3) is 25.9 Å². The minimum Gasteiger partial charge on any atom is -0.312 e. The first kappa shape index (κ1) is 30.5. The average molecular weight is 630 g/mol. The average Bonchev–Trinajstić information content (AvgIpc) is 3.36. The largest absolute Gasteiger partial charge is 0.322 e. The number of fused-ring (bicyclic) bond motifs is 3. The number of anilines is 2. The van der Waals surface area contributed by atoms with Crippen LogP contribution in [0, 0.1) is 0 Å². The van der Waals surface area contributed by atoms with Gasteiger partial charge in [-0.3, -0.25) is 9.11 Å². The van der Waals surface area contributed by atoms with Crippen molar-refractivity contribution in [3.63, 3.8) is 0 Å². The number of rotatable bonds is 12. The second-order valence-electron chi connectivity index (χ2n) is 10.2. The van der Waals surface area contributed by atoms with Gasteiger partial charge < -0.3 is 9.80 Å². The maximum atomic E-state index is 11.3. The van der Waals surface area contributed by atoms with Crippen LogP contribution in [-0.2, 0) is 33.8 Å². The predicted molar refractivity (Wildman–Crippen MR) is 162 cm³/mol. The molecule has 0 saturated carbocycles. The Kier molecular flexibility index (Phi) is 8.73. The summed E-state index contributed by atoms with van der Waals surface area (Å²) < 4.78 is 67.0. The van der Waals surface area contributed by atoms with Gasteiger partial charge in [0.2, 0.25) is 5.82 Å². The first-order valence-electron chi connectivity index (χ1n) is 13.7. The smallest absolute Gasteiger partial charge is 0.312 e. The molecule has 3 aromatic heterocycles. The SMILES string of the molecule is CN1C(=CC=Cc2n(CCCCS(=O)(=O)O)c3nccnc3[n+]2C)N(CCCCS(=O)(=O)O)c2nc3ccccc3nc21. The Morgan fingerprint density at radius 1 is 0.860 bits per heavy atom. The van der Waals surface area contributed by atoms with E-state index in [1.807, 2.05) is 75.5 Å². The molecule has 0 unspecified atom stereocenters. The predicted octanol–water partition coefficient (Wildman–Crippen LogP) is 2.35. The Labute approximate surface area is 249 Å². The molecule has 16 heteroatoms. The van der Waals surface area contributed by atoms with Crippen molar-refractivity contribution in [3.8, 4) is 0 Å². The molecule has 1 aromatic carbocycles. The van der Waals surface area contributed by atoms with Gasteiger partial charge in [0.15, 0.2) is 11.6 Å². The Balaban J connectivity index is 1.47. The van der Waals surface area contributed by atoms with E-state index in [1.165, 1.54) is 0 Å². The fourth-order valence-corrected chi connectivity index (χ4v) is 6.25. The summed E-state index contributed by atoms with van der Waals surface area (Å²) in [5.74, 6) is 2.25. The first-order valence-corrected chi connectivity index (χ1v) is 16.9. The molecule has 0 spiro atoms. The molecule has 1 aliphatic rings. The van der Waals surface area contributed by atoms with Crippen LogP contribution >= 0.6 is 0 Å². The lowest BCUT2D eigenvalue weighted by Gasteiger charge is -2.21. The number of aromatic nitrogens is 6. The van der Waals surface area contributed by atoms with E-state index in [9.17, 15) is 16.8 Å². The Morgan fingerprint density at radius 3 is 2.12 bits per heavy atom. The standard InChI is InChI=1S/C27H32N8O6S2/c1-32-22(34(16-5-7-18-42(36,37)38)25-24(32)28-14-15-29-25)12-9-13-23-33(2)26-27(31-21-11-4-3-10-20(21)30-26)35(23)17-6-8-19-43(39,40)41/h3-4,9-15H,5-8,16-19H2,1-2H3,(H-,36,37,38,39,40,41)/p+1. The third-order valence-corrected chi connectivity index (χ3v) is 8.75. The zero-order chi connectivity index (χ0) is 30.8. The quantitative estimate of drug-likeness (QED) is 0.133. The van der Waals surface area contributed by atoms with E-state index in [0.29, 0.717) is 55.3 Å². The van der Waals surface area contributed by atoms with Crippen LogP contribution in [0.3, 0.4) is 0 Å². The van der Waals surface area contributed by atoms with Crippen molar-refractivity contribution in [3.05, 3.63) is 60.5 Å². The maximum Gasteiger partial charge on any atom is 0.322 e. The van der Waals surface area contributed by atoms with Gasteiger partial charge in [-0.05, 0) is 43.9 Å². The highest BCUT2D eigenvalue weighted by molar-refractivity contribution is 7.86.